The Morgan fingerprint density at radius 1 is 1.38 bits per heavy atom. The predicted molar refractivity (Wildman–Crippen MR) is 51.0 cm³/mol. The molecule has 0 aromatic carbocycles. The number of allylic oxidation sites excluding steroid dienone is 1. The molecular formula is C8H17O4P. The average Bonchev–Trinajstić information content (AvgIpc) is 1.81. The van der Waals surface area contributed by atoms with Gasteiger partial charge in [0.1, 0.15) is 0 Å². The lowest BCUT2D eigenvalue weighted by Crippen LogP contribution is -2.02. The Hall–Kier alpha value is -0.310. The lowest BCUT2D eigenvalue weighted by atomic mass is 9.91. The Kier molecular flexibility index (Phi) is 4.68. The van der Waals surface area contributed by atoms with Crippen molar-refractivity contribution >= 4 is 7.82 Å². The van der Waals surface area contributed by atoms with Crippen LogP contribution in [-0.4, -0.2) is 9.79 Å². The summed E-state index contributed by atoms with van der Waals surface area (Å²) in [6, 6.07) is 0. The maximum absolute atomic E-state index is 10.2. The van der Waals surface area contributed by atoms with Crippen molar-refractivity contribution in [2.45, 2.75) is 33.6 Å². The van der Waals surface area contributed by atoms with Gasteiger partial charge in [-0.1, -0.05) is 20.8 Å². The van der Waals surface area contributed by atoms with Crippen LogP contribution in [0.1, 0.15) is 33.6 Å². The SMILES string of the molecule is CC(C)(C)CCC=COP(=O)(O)O. The Morgan fingerprint density at radius 3 is 2.31 bits per heavy atom. The van der Waals surface area contributed by atoms with Gasteiger partial charge < -0.3 is 4.52 Å². The Labute approximate surface area is 78.9 Å². The Morgan fingerprint density at radius 2 is 1.92 bits per heavy atom. The maximum Gasteiger partial charge on any atom is 0.524 e. The summed E-state index contributed by atoms with van der Waals surface area (Å²) in [5.41, 5.74) is 0.229. The van der Waals surface area contributed by atoms with Crippen LogP contribution >= 0.6 is 7.82 Å². The third-order valence-corrected chi connectivity index (χ3v) is 1.75. The zero-order chi connectivity index (χ0) is 10.5. The molecule has 0 rings (SSSR count). The first-order chi connectivity index (χ1) is 5.71. The van der Waals surface area contributed by atoms with Crippen LogP contribution in [0, 0.1) is 5.41 Å². The zero-order valence-corrected chi connectivity index (χ0v) is 9.12. The highest BCUT2D eigenvalue weighted by Gasteiger charge is 2.11. The van der Waals surface area contributed by atoms with Crippen molar-refractivity contribution in [3.63, 3.8) is 0 Å². The van der Waals surface area contributed by atoms with Gasteiger partial charge in [0.15, 0.2) is 0 Å². The van der Waals surface area contributed by atoms with Gasteiger partial charge in [0, 0.05) is 0 Å². The second kappa shape index (κ2) is 4.80. The van der Waals surface area contributed by atoms with Crippen molar-refractivity contribution in [3.05, 3.63) is 12.3 Å². The van der Waals surface area contributed by atoms with Gasteiger partial charge in [-0.3, -0.25) is 9.79 Å². The van der Waals surface area contributed by atoms with Crippen LogP contribution in [0.4, 0.5) is 0 Å². The molecule has 0 spiro atoms. The molecule has 0 saturated heterocycles. The number of rotatable bonds is 4. The molecule has 0 radical (unpaired) electrons. The summed E-state index contributed by atoms with van der Waals surface area (Å²) < 4.78 is 14.3. The lowest BCUT2D eigenvalue weighted by Gasteiger charge is -2.15. The van der Waals surface area contributed by atoms with Gasteiger partial charge in [-0.2, -0.15) is 0 Å². The normalized spacial score (nSPS) is 13.6. The summed E-state index contributed by atoms with van der Waals surface area (Å²) in [6.45, 7) is 6.31. The molecule has 13 heavy (non-hydrogen) atoms. The fourth-order valence-corrected chi connectivity index (χ4v) is 0.951. The third kappa shape index (κ3) is 11.7. The number of phosphoric ester groups is 1. The fraction of sp³-hybridized carbons (Fsp3) is 0.750. The minimum absolute atomic E-state index is 0.229. The van der Waals surface area contributed by atoms with Crippen molar-refractivity contribution in [2.75, 3.05) is 0 Å². The first-order valence-electron chi connectivity index (χ1n) is 4.10. The minimum atomic E-state index is -4.33. The van der Waals surface area contributed by atoms with E-state index < -0.39 is 7.82 Å². The quantitative estimate of drug-likeness (QED) is 0.550. The van der Waals surface area contributed by atoms with Crippen molar-refractivity contribution in [3.8, 4) is 0 Å². The van der Waals surface area contributed by atoms with Gasteiger partial charge in [-0.05, 0) is 24.3 Å². The van der Waals surface area contributed by atoms with Crippen molar-refractivity contribution in [1.29, 1.82) is 0 Å². The molecule has 0 aromatic heterocycles. The van der Waals surface area contributed by atoms with Crippen LogP contribution in [0.15, 0.2) is 12.3 Å². The van der Waals surface area contributed by atoms with Gasteiger partial charge in [-0.25, -0.2) is 4.57 Å². The summed E-state index contributed by atoms with van der Waals surface area (Å²) >= 11 is 0. The first-order valence-corrected chi connectivity index (χ1v) is 5.63. The second-order valence-corrected chi connectivity index (χ2v) is 5.26. The molecule has 0 heterocycles. The summed E-state index contributed by atoms with van der Waals surface area (Å²) in [4.78, 5) is 16.6. The van der Waals surface area contributed by atoms with E-state index >= 15 is 0 Å². The van der Waals surface area contributed by atoms with Gasteiger partial charge in [0.05, 0.1) is 6.26 Å². The molecule has 0 aliphatic heterocycles. The Balaban J connectivity index is 3.61. The highest BCUT2D eigenvalue weighted by atomic mass is 31.2. The van der Waals surface area contributed by atoms with Crippen LogP contribution in [0.3, 0.4) is 0 Å². The molecule has 0 fully saturated rings. The van der Waals surface area contributed by atoms with Crippen molar-refractivity contribution in [1.82, 2.24) is 0 Å². The molecule has 78 valence electrons. The van der Waals surface area contributed by atoms with E-state index in [0.29, 0.717) is 0 Å². The van der Waals surface area contributed by atoms with Crippen LogP contribution in [-0.2, 0) is 9.09 Å². The summed E-state index contributed by atoms with van der Waals surface area (Å²) in [7, 11) is -4.33. The van der Waals surface area contributed by atoms with Crippen molar-refractivity contribution in [2.24, 2.45) is 5.41 Å². The maximum atomic E-state index is 10.2. The molecule has 5 heteroatoms. The van der Waals surface area contributed by atoms with Crippen LogP contribution < -0.4 is 0 Å². The zero-order valence-electron chi connectivity index (χ0n) is 8.23. The van der Waals surface area contributed by atoms with Crippen LogP contribution in [0.5, 0.6) is 0 Å². The van der Waals surface area contributed by atoms with Crippen LogP contribution in [0.25, 0.3) is 0 Å². The average molecular weight is 208 g/mol. The molecule has 0 aliphatic carbocycles. The van der Waals surface area contributed by atoms with E-state index in [2.05, 4.69) is 25.3 Å². The van der Waals surface area contributed by atoms with E-state index in [0.717, 1.165) is 19.1 Å². The van der Waals surface area contributed by atoms with Gasteiger partial charge in [0.25, 0.3) is 0 Å². The lowest BCUT2D eigenvalue weighted by molar-refractivity contribution is 0.258. The molecule has 0 atom stereocenters. The van der Waals surface area contributed by atoms with E-state index in [-0.39, 0.29) is 5.41 Å². The van der Waals surface area contributed by atoms with E-state index in [4.69, 9.17) is 9.79 Å². The third-order valence-electron chi connectivity index (χ3n) is 1.36. The molecule has 0 unspecified atom stereocenters. The first kappa shape index (κ1) is 12.7. The topological polar surface area (TPSA) is 66.8 Å². The fourth-order valence-electron chi connectivity index (χ4n) is 0.707. The number of phosphoric acid groups is 1. The van der Waals surface area contributed by atoms with E-state index in [1.807, 2.05) is 0 Å². The summed E-state index contributed by atoms with van der Waals surface area (Å²) in [5.74, 6) is 0. The van der Waals surface area contributed by atoms with Crippen molar-refractivity contribution < 1.29 is 18.9 Å². The molecule has 2 N–H and O–H groups in total. The molecule has 0 aliphatic rings. The van der Waals surface area contributed by atoms with Gasteiger partial charge in [0.2, 0.25) is 0 Å². The highest BCUT2D eigenvalue weighted by Crippen LogP contribution is 2.36. The van der Waals surface area contributed by atoms with E-state index in [1.165, 1.54) is 0 Å². The minimum Gasteiger partial charge on any atom is -0.413 e. The largest absolute Gasteiger partial charge is 0.524 e. The van der Waals surface area contributed by atoms with Gasteiger partial charge >= 0.3 is 7.82 Å². The predicted octanol–water partition coefficient (Wildman–Crippen LogP) is 2.44. The van der Waals surface area contributed by atoms with Crippen LogP contribution in [0.2, 0.25) is 0 Å². The molecule has 0 amide bonds. The molecule has 0 bridgehead atoms. The van der Waals surface area contributed by atoms with Gasteiger partial charge in [-0.15, -0.1) is 0 Å². The van der Waals surface area contributed by atoms with E-state index in [9.17, 15) is 4.57 Å². The standard InChI is InChI=1S/C8H17O4P/c1-8(2,3)6-4-5-7-12-13(9,10)11/h5,7H,4,6H2,1-3H3,(H2,9,10,11). The number of hydrogen-bond acceptors (Lipinski definition) is 2. The number of hydrogen-bond donors (Lipinski definition) is 2. The summed E-state index contributed by atoms with van der Waals surface area (Å²) in [5, 5.41) is 0. The monoisotopic (exact) mass is 208 g/mol. The second-order valence-electron chi connectivity index (χ2n) is 4.07. The molecule has 4 nitrogen and oxygen atoms in total. The van der Waals surface area contributed by atoms with E-state index in [1.54, 1.807) is 6.08 Å². The molecular weight excluding hydrogens is 191 g/mol. The Bertz CT molecular complexity index is 211. The summed E-state index contributed by atoms with van der Waals surface area (Å²) in [6.07, 6.45) is 4.38. The smallest absolute Gasteiger partial charge is 0.413 e. The molecule has 0 saturated carbocycles. The molecule has 0 aromatic rings. The highest BCUT2D eigenvalue weighted by molar-refractivity contribution is 7.46.